The first-order chi connectivity index (χ1) is 6.66. The van der Waals surface area contributed by atoms with Gasteiger partial charge in [-0.3, -0.25) is 9.78 Å². The van der Waals surface area contributed by atoms with Gasteiger partial charge < -0.3 is 10.0 Å². The number of aromatic nitrogens is 3. The molecular weight excluding hydrogens is 188 g/mol. The van der Waals surface area contributed by atoms with Gasteiger partial charge in [0.25, 0.3) is 5.56 Å². The molecular formula is C7H10N4O3. The molecule has 1 aliphatic heterocycles. The van der Waals surface area contributed by atoms with E-state index in [0.717, 1.165) is 0 Å². The van der Waals surface area contributed by atoms with Gasteiger partial charge in [-0.25, -0.2) is 9.89 Å². The molecule has 0 aromatic carbocycles. The Balaban J connectivity index is 2.33. The third-order valence-electron chi connectivity index (χ3n) is 2.16. The van der Waals surface area contributed by atoms with Crippen LogP contribution in [0.2, 0.25) is 0 Å². The van der Waals surface area contributed by atoms with E-state index in [1.807, 2.05) is 0 Å². The zero-order chi connectivity index (χ0) is 10.1. The fourth-order valence-corrected chi connectivity index (χ4v) is 1.49. The lowest BCUT2D eigenvalue weighted by Gasteiger charge is -2.13. The zero-order valence-electron chi connectivity index (χ0n) is 7.36. The van der Waals surface area contributed by atoms with Gasteiger partial charge in [-0.15, -0.1) is 5.10 Å². The maximum absolute atomic E-state index is 11.3. The fraction of sp³-hybridized carbons (Fsp3) is 0.571. The average Bonchev–Trinajstić information content (AvgIpc) is 2.51. The molecule has 1 aromatic heterocycles. The summed E-state index contributed by atoms with van der Waals surface area (Å²) in [5.41, 5.74) is -1.15. The molecule has 1 aromatic rings. The maximum atomic E-state index is 11.3. The number of nitrogens with one attached hydrogen (secondary N) is 2. The minimum Gasteiger partial charge on any atom is -0.391 e. The van der Waals surface area contributed by atoms with Crippen LogP contribution in [0.25, 0.3) is 0 Å². The number of aliphatic hydroxyl groups is 1. The molecule has 0 unspecified atom stereocenters. The summed E-state index contributed by atoms with van der Waals surface area (Å²) in [6, 6.07) is 0. The SMILES string of the molecule is O=c1[nH]nc(N2CC[C@H](O)C2)c(=O)[nH]1. The largest absolute Gasteiger partial charge is 0.391 e. The van der Waals surface area contributed by atoms with Crippen molar-refractivity contribution >= 4 is 5.82 Å². The van der Waals surface area contributed by atoms with Crippen molar-refractivity contribution in [3.8, 4) is 0 Å². The van der Waals surface area contributed by atoms with Crippen LogP contribution in [0.3, 0.4) is 0 Å². The molecule has 7 heteroatoms. The molecule has 1 saturated heterocycles. The lowest BCUT2D eigenvalue weighted by atomic mass is 10.3. The van der Waals surface area contributed by atoms with Gasteiger partial charge in [-0.1, -0.05) is 0 Å². The first-order valence-electron chi connectivity index (χ1n) is 4.29. The van der Waals surface area contributed by atoms with Gasteiger partial charge in [0.2, 0.25) is 5.82 Å². The van der Waals surface area contributed by atoms with E-state index in [1.54, 1.807) is 4.90 Å². The highest BCUT2D eigenvalue weighted by Crippen LogP contribution is 2.12. The molecule has 0 spiro atoms. The van der Waals surface area contributed by atoms with Gasteiger partial charge in [-0.2, -0.15) is 0 Å². The highest BCUT2D eigenvalue weighted by atomic mass is 16.3. The lowest BCUT2D eigenvalue weighted by Crippen LogP contribution is -2.33. The Morgan fingerprint density at radius 2 is 2.29 bits per heavy atom. The number of aliphatic hydroxyl groups excluding tert-OH is 1. The van der Waals surface area contributed by atoms with Crippen molar-refractivity contribution in [2.45, 2.75) is 12.5 Å². The summed E-state index contributed by atoms with van der Waals surface area (Å²) in [5, 5.41) is 15.0. The van der Waals surface area contributed by atoms with Gasteiger partial charge in [0.1, 0.15) is 0 Å². The van der Waals surface area contributed by atoms with E-state index in [2.05, 4.69) is 15.2 Å². The Hall–Kier alpha value is -1.63. The molecule has 1 atom stereocenters. The standard InChI is InChI=1S/C7H10N4O3/c12-4-1-2-11(3-4)5-6(13)8-7(14)10-9-5/h4,12H,1-3H2,(H2,8,10,13,14)/t4-/m0/s1. The molecule has 0 aliphatic carbocycles. The van der Waals surface area contributed by atoms with E-state index in [4.69, 9.17) is 0 Å². The lowest BCUT2D eigenvalue weighted by molar-refractivity contribution is 0.198. The van der Waals surface area contributed by atoms with Crippen molar-refractivity contribution < 1.29 is 5.11 Å². The highest BCUT2D eigenvalue weighted by Gasteiger charge is 2.23. The molecule has 3 N–H and O–H groups in total. The number of H-pyrrole nitrogens is 2. The Bertz CT molecular complexity index is 437. The number of nitrogens with zero attached hydrogens (tertiary/aromatic N) is 2. The van der Waals surface area contributed by atoms with Crippen molar-refractivity contribution in [2.24, 2.45) is 0 Å². The zero-order valence-corrected chi connectivity index (χ0v) is 7.36. The normalized spacial score (nSPS) is 21.5. The van der Waals surface area contributed by atoms with Crippen LogP contribution in [0, 0.1) is 0 Å². The van der Waals surface area contributed by atoms with Crippen LogP contribution in [0.4, 0.5) is 5.82 Å². The summed E-state index contributed by atoms with van der Waals surface area (Å²) in [5.74, 6) is 0.154. The Labute approximate surface area is 78.4 Å². The number of aromatic amines is 2. The fourth-order valence-electron chi connectivity index (χ4n) is 1.49. The summed E-state index contributed by atoms with van der Waals surface area (Å²) in [4.78, 5) is 25.7. The quantitative estimate of drug-likeness (QED) is 0.485. The van der Waals surface area contributed by atoms with Crippen molar-refractivity contribution in [1.29, 1.82) is 0 Å². The molecule has 76 valence electrons. The first kappa shape index (κ1) is 8.95. The third-order valence-corrected chi connectivity index (χ3v) is 2.16. The van der Waals surface area contributed by atoms with E-state index in [-0.39, 0.29) is 5.82 Å². The van der Waals surface area contributed by atoms with Gasteiger partial charge in [-0.05, 0) is 6.42 Å². The van der Waals surface area contributed by atoms with Gasteiger partial charge in [0.15, 0.2) is 0 Å². The van der Waals surface area contributed by atoms with Gasteiger partial charge in [0, 0.05) is 13.1 Å². The molecule has 0 radical (unpaired) electrons. The third kappa shape index (κ3) is 1.53. The minimum absolute atomic E-state index is 0.154. The van der Waals surface area contributed by atoms with E-state index in [9.17, 15) is 14.7 Å². The molecule has 2 heterocycles. The number of anilines is 1. The molecule has 7 nitrogen and oxygen atoms in total. The molecule has 2 rings (SSSR count). The number of hydrogen-bond donors (Lipinski definition) is 3. The Morgan fingerprint density at radius 3 is 2.86 bits per heavy atom. The number of hydrogen-bond acceptors (Lipinski definition) is 5. The van der Waals surface area contributed by atoms with Crippen LogP contribution in [0.5, 0.6) is 0 Å². The van der Waals surface area contributed by atoms with Crippen LogP contribution >= 0.6 is 0 Å². The molecule has 0 bridgehead atoms. The maximum Gasteiger partial charge on any atom is 0.342 e. The highest BCUT2D eigenvalue weighted by molar-refractivity contribution is 5.35. The molecule has 1 aliphatic rings. The van der Waals surface area contributed by atoms with Crippen LogP contribution in [0.1, 0.15) is 6.42 Å². The number of β-amino-alcohol motifs (C(OH)–C–C–N with tert-alkyl or cyclic N) is 1. The summed E-state index contributed by atoms with van der Waals surface area (Å²) in [6.07, 6.45) is 0.184. The van der Waals surface area contributed by atoms with E-state index in [0.29, 0.717) is 19.5 Å². The molecule has 0 saturated carbocycles. The van der Waals surface area contributed by atoms with Crippen molar-refractivity contribution in [2.75, 3.05) is 18.0 Å². The van der Waals surface area contributed by atoms with Crippen molar-refractivity contribution in [3.63, 3.8) is 0 Å². The second-order valence-corrected chi connectivity index (χ2v) is 3.22. The minimum atomic E-state index is -0.626. The smallest absolute Gasteiger partial charge is 0.342 e. The predicted molar refractivity (Wildman–Crippen MR) is 48.3 cm³/mol. The summed E-state index contributed by atoms with van der Waals surface area (Å²) < 4.78 is 0. The van der Waals surface area contributed by atoms with Gasteiger partial charge >= 0.3 is 5.69 Å². The predicted octanol–water partition coefficient (Wildman–Crippen LogP) is -1.97. The van der Waals surface area contributed by atoms with Crippen LogP contribution in [0.15, 0.2) is 9.59 Å². The summed E-state index contributed by atoms with van der Waals surface area (Å²) in [7, 11) is 0. The Morgan fingerprint density at radius 1 is 1.50 bits per heavy atom. The van der Waals surface area contributed by atoms with E-state index in [1.165, 1.54) is 0 Å². The summed E-state index contributed by atoms with van der Waals surface area (Å²) in [6.45, 7) is 0.950. The summed E-state index contributed by atoms with van der Waals surface area (Å²) >= 11 is 0. The Kier molecular flexibility index (Phi) is 2.08. The topological polar surface area (TPSA) is 102 Å². The van der Waals surface area contributed by atoms with E-state index >= 15 is 0 Å². The average molecular weight is 198 g/mol. The molecule has 0 amide bonds. The molecule has 1 fully saturated rings. The monoisotopic (exact) mass is 198 g/mol. The van der Waals surface area contributed by atoms with Crippen molar-refractivity contribution in [3.05, 3.63) is 20.8 Å². The first-order valence-corrected chi connectivity index (χ1v) is 4.29. The van der Waals surface area contributed by atoms with Gasteiger partial charge in [0.05, 0.1) is 6.10 Å². The second kappa shape index (κ2) is 3.26. The number of rotatable bonds is 1. The van der Waals surface area contributed by atoms with Crippen LogP contribution in [-0.2, 0) is 0 Å². The van der Waals surface area contributed by atoms with E-state index < -0.39 is 17.4 Å². The second-order valence-electron chi connectivity index (χ2n) is 3.22. The molecule has 14 heavy (non-hydrogen) atoms. The van der Waals surface area contributed by atoms with Crippen LogP contribution < -0.4 is 16.1 Å². The van der Waals surface area contributed by atoms with Crippen LogP contribution in [-0.4, -0.2) is 39.5 Å². The van der Waals surface area contributed by atoms with Crippen molar-refractivity contribution in [1.82, 2.24) is 15.2 Å².